The highest BCUT2D eigenvalue weighted by atomic mass is 35.5. The Morgan fingerprint density at radius 3 is 2.54 bits per heavy atom. The molecule has 0 fully saturated rings. The van der Waals surface area contributed by atoms with Crippen LogP contribution in [0.2, 0.25) is 0 Å². The van der Waals surface area contributed by atoms with Crippen molar-refractivity contribution in [1.82, 2.24) is 0 Å². The quantitative estimate of drug-likeness (QED) is 0.397. The van der Waals surface area contributed by atoms with Crippen molar-refractivity contribution in [2.75, 3.05) is 0 Å². The van der Waals surface area contributed by atoms with Gasteiger partial charge in [-0.2, -0.15) is 17.9 Å². The van der Waals surface area contributed by atoms with Crippen LogP contribution in [-0.2, 0) is 12.1 Å². The number of nitrogens with zero attached hydrogens (tertiary/aromatic N) is 1. The molecule has 1 aromatic rings. The van der Waals surface area contributed by atoms with Crippen LogP contribution in [0.15, 0.2) is 18.3 Å². The molecule has 0 saturated heterocycles. The second-order valence-corrected chi connectivity index (χ2v) is 2.63. The lowest BCUT2D eigenvalue weighted by atomic mass is 10.2. The lowest BCUT2D eigenvalue weighted by Gasteiger charge is -2.07. The van der Waals surface area contributed by atoms with Crippen LogP contribution in [0, 0.1) is 5.21 Å². The standard InChI is InChI=1S/C7H5ClF3NO/c8-4-6-3-5(7(9,10)11)1-2-12(6)13/h1-3H,4H2. The Morgan fingerprint density at radius 1 is 1.46 bits per heavy atom. The maximum Gasteiger partial charge on any atom is 0.416 e. The zero-order valence-corrected chi connectivity index (χ0v) is 7.06. The summed E-state index contributed by atoms with van der Waals surface area (Å²) in [4.78, 5) is 0. The van der Waals surface area contributed by atoms with Gasteiger partial charge < -0.3 is 5.21 Å². The first-order valence-electron chi connectivity index (χ1n) is 3.30. The van der Waals surface area contributed by atoms with E-state index in [-0.39, 0.29) is 11.6 Å². The predicted molar refractivity (Wildman–Crippen MR) is 40.0 cm³/mol. The van der Waals surface area contributed by atoms with Crippen molar-refractivity contribution < 1.29 is 17.9 Å². The van der Waals surface area contributed by atoms with E-state index in [1.54, 1.807) is 0 Å². The number of hydrogen-bond donors (Lipinski definition) is 0. The molecule has 6 heteroatoms. The lowest BCUT2D eigenvalue weighted by molar-refractivity contribution is -0.613. The topological polar surface area (TPSA) is 26.9 Å². The van der Waals surface area contributed by atoms with Gasteiger partial charge in [-0.25, -0.2) is 0 Å². The molecule has 13 heavy (non-hydrogen) atoms. The molecule has 0 atom stereocenters. The summed E-state index contributed by atoms with van der Waals surface area (Å²) >= 11 is 5.27. The van der Waals surface area contributed by atoms with Gasteiger partial charge in [0.05, 0.1) is 5.56 Å². The summed E-state index contributed by atoms with van der Waals surface area (Å²) in [7, 11) is 0. The van der Waals surface area contributed by atoms with Crippen LogP contribution in [-0.4, -0.2) is 0 Å². The molecular weight excluding hydrogens is 207 g/mol. The molecule has 0 aliphatic rings. The summed E-state index contributed by atoms with van der Waals surface area (Å²) in [5.41, 5.74) is -0.980. The molecule has 0 N–H and O–H groups in total. The van der Waals surface area contributed by atoms with Gasteiger partial charge in [0.2, 0.25) is 5.69 Å². The van der Waals surface area contributed by atoms with Gasteiger partial charge in [-0.3, -0.25) is 0 Å². The highest BCUT2D eigenvalue weighted by Crippen LogP contribution is 2.28. The first kappa shape index (κ1) is 10.1. The van der Waals surface area contributed by atoms with E-state index < -0.39 is 11.7 Å². The van der Waals surface area contributed by atoms with E-state index in [1.165, 1.54) is 0 Å². The molecule has 0 aliphatic heterocycles. The zero-order chi connectivity index (χ0) is 10.1. The summed E-state index contributed by atoms with van der Waals surface area (Å²) in [5, 5.41) is 10.8. The van der Waals surface area contributed by atoms with E-state index >= 15 is 0 Å². The third kappa shape index (κ3) is 2.24. The molecule has 1 heterocycles. The highest BCUT2D eigenvalue weighted by Gasteiger charge is 2.32. The monoisotopic (exact) mass is 211 g/mol. The molecule has 0 bridgehead atoms. The van der Waals surface area contributed by atoms with Crippen molar-refractivity contribution in [3.05, 3.63) is 34.8 Å². The van der Waals surface area contributed by atoms with Crippen molar-refractivity contribution >= 4 is 11.6 Å². The molecule has 0 aromatic carbocycles. The van der Waals surface area contributed by atoms with E-state index in [0.29, 0.717) is 10.8 Å². The van der Waals surface area contributed by atoms with Crippen molar-refractivity contribution in [3.8, 4) is 0 Å². The van der Waals surface area contributed by atoms with Crippen molar-refractivity contribution in [3.63, 3.8) is 0 Å². The van der Waals surface area contributed by atoms with Crippen molar-refractivity contribution in [2.45, 2.75) is 12.1 Å². The van der Waals surface area contributed by atoms with E-state index in [4.69, 9.17) is 11.6 Å². The summed E-state index contributed by atoms with van der Waals surface area (Å²) in [6.45, 7) is 0. The minimum atomic E-state index is -4.44. The summed E-state index contributed by atoms with van der Waals surface area (Å²) in [5.74, 6) is -0.243. The summed E-state index contributed by atoms with van der Waals surface area (Å²) < 4.78 is 36.6. The Hall–Kier alpha value is -0.970. The molecule has 1 rings (SSSR count). The number of alkyl halides is 4. The molecule has 0 radical (unpaired) electrons. The van der Waals surface area contributed by atoms with Gasteiger partial charge in [0.25, 0.3) is 0 Å². The van der Waals surface area contributed by atoms with E-state index in [0.717, 1.165) is 12.3 Å². The maximum absolute atomic E-state index is 12.1. The Morgan fingerprint density at radius 2 is 2.08 bits per heavy atom. The van der Waals surface area contributed by atoms with Crippen LogP contribution >= 0.6 is 11.6 Å². The van der Waals surface area contributed by atoms with Gasteiger partial charge in [-0.05, 0) is 0 Å². The Bertz CT molecular complexity index is 313. The van der Waals surface area contributed by atoms with Crippen molar-refractivity contribution in [1.29, 1.82) is 0 Å². The second kappa shape index (κ2) is 3.41. The smallest absolute Gasteiger partial charge is 0.416 e. The minimum absolute atomic E-state index is 0.114. The van der Waals surface area contributed by atoms with Crippen LogP contribution in [0.3, 0.4) is 0 Å². The molecule has 0 amide bonds. The first-order chi connectivity index (χ1) is 5.95. The Balaban J connectivity index is 3.14. The number of pyridine rings is 1. The van der Waals surface area contributed by atoms with Crippen LogP contribution in [0.25, 0.3) is 0 Å². The molecule has 0 unspecified atom stereocenters. The van der Waals surface area contributed by atoms with E-state index in [1.807, 2.05) is 0 Å². The van der Waals surface area contributed by atoms with Crippen molar-refractivity contribution in [2.24, 2.45) is 0 Å². The molecule has 0 aliphatic carbocycles. The lowest BCUT2D eigenvalue weighted by Crippen LogP contribution is -2.31. The SMILES string of the molecule is [O-][n+]1ccc(C(F)(F)F)cc1CCl. The fourth-order valence-corrected chi connectivity index (χ4v) is 1.00. The molecule has 2 nitrogen and oxygen atoms in total. The zero-order valence-electron chi connectivity index (χ0n) is 6.31. The van der Waals surface area contributed by atoms with Crippen LogP contribution in [0.4, 0.5) is 13.2 Å². The Kier molecular flexibility index (Phi) is 2.66. The minimum Gasteiger partial charge on any atom is -0.618 e. The van der Waals surface area contributed by atoms with Gasteiger partial charge in [-0.15, -0.1) is 11.6 Å². The summed E-state index contributed by atoms with van der Waals surface area (Å²) in [6.07, 6.45) is -3.64. The largest absolute Gasteiger partial charge is 0.618 e. The molecule has 1 aromatic heterocycles. The van der Waals surface area contributed by atoms with Gasteiger partial charge in [0.15, 0.2) is 6.20 Å². The van der Waals surface area contributed by atoms with Gasteiger partial charge in [0, 0.05) is 12.1 Å². The molecule has 72 valence electrons. The van der Waals surface area contributed by atoms with Crippen LogP contribution in [0.5, 0.6) is 0 Å². The average molecular weight is 212 g/mol. The number of halogens is 4. The number of rotatable bonds is 1. The molecular formula is C7H5ClF3NO. The maximum atomic E-state index is 12.1. The number of aromatic nitrogens is 1. The van der Waals surface area contributed by atoms with E-state index in [9.17, 15) is 18.4 Å². The highest BCUT2D eigenvalue weighted by molar-refractivity contribution is 6.16. The summed E-state index contributed by atoms with van der Waals surface area (Å²) in [6, 6.07) is 1.45. The van der Waals surface area contributed by atoms with Gasteiger partial charge >= 0.3 is 6.18 Å². The third-order valence-electron chi connectivity index (χ3n) is 1.46. The molecule has 0 saturated carbocycles. The van der Waals surface area contributed by atoms with Gasteiger partial charge in [0.1, 0.15) is 5.88 Å². The van der Waals surface area contributed by atoms with E-state index in [2.05, 4.69) is 0 Å². The van der Waals surface area contributed by atoms with Gasteiger partial charge in [-0.1, -0.05) is 0 Å². The van der Waals surface area contributed by atoms with Crippen LogP contribution < -0.4 is 4.73 Å². The molecule has 0 spiro atoms. The fourth-order valence-electron chi connectivity index (χ4n) is 0.809. The normalized spacial score (nSPS) is 11.7. The Labute approximate surface area is 77.1 Å². The average Bonchev–Trinajstić information content (AvgIpc) is 2.03. The number of hydrogen-bond acceptors (Lipinski definition) is 1. The third-order valence-corrected chi connectivity index (χ3v) is 1.73. The van der Waals surface area contributed by atoms with Crippen LogP contribution in [0.1, 0.15) is 11.3 Å². The second-order valence-electron chi connectivity index (χ2n) is 2.36. The predicted octanol–water partition coefficient (Wildman–Crippen LogP) is 2.08. The fraction of sp³-hybridized carbons (Fsp3) is 0.286. The first-order valence-corrected chi connectivity index (χ1v) is 3.84.